The average molecular weight is 625 g/mol. The average Bonchev–Trinajstić information content (AvgIpc) is 3.60. The molecule has 1 aliphatic rings. The largest absolute Gasteiger partial charge is 0.569 e. The number of aryl methyl sites for hydroxylation is 1. The molecular weight excluding hydrogens is 597 g/mol. The SMILES string of the molecule is CC(=O)OC(C)ON=[N+]([O-])N1CCC[C@H]1C(=O)NS(=O)(=O)c1ccc(-n2nc(C(F)(F)F)cc2-c2ccc(C)cc2)cc1. The molecule has 2 heterocycles. The molecule has 0 bridgehead atoms. The van der Waals surface area contributed by atoms with Gasteiger partial charge in [0.1, 0.15) is 0 Å². The summed E-state index contributed by atoms with van der Waals surface area (Å²) in [6.45, 7) is 4.35. The maximum atomic E-state index is 13.5. The summed E-state index contributed by atoms with van der Waals surface area (Å²) in [5, 5.41) is 20.3. The number of nitrogens with zero attached hydrogens (tertiary/aromatic N) is 5. The van der Waals surface area contributed by atoms with E-state index in [1.54, 1.807) is 24.3 Å². The van der Waals surface area contributed by atoms with Crippen molar-refractivity contribution in [2.24, 2.45) is 5.28 Å². The summed E-state index contributed by atoms with van der Waals surface area (Å²) >= 11 is 0. The third-order valence-corrected chi connectivity index (χ3v) is 7.68. The Morgan fingerprint density at radius 1 is 1.16 bits per heavy atom. The van der Waals surface area contributed by atoms with Gasteiger partial charge in [-0.1, -0.05) is 29.8 Å². The molecule has 0 aliphatic carbocycles. The van der Waals surface area contributed by atoms with Gasteiger partial charge in [0.05, 0.1) is 27.8 Å². The van der Waals surface area contributed by atoms with Crippen LogP contribution < -0.4 is 4.72 Å². The highest BCUT2D eigenvalue weighted by Gasteiger charge is 2.39. The van der Waals surface area contributed by atoms with Gasteiger partial charge in [-0.05, 0) is 50.1 Å². The fourth-order valence-corrected chi connectivity index (χ4v) is 5.32. The van der Waals surface area contributed by atoms with Gasteiger partial charge >= 0.3 is 12.1 Å². The first-order valence-corrected chi connectivity index (χ1v) is 14.3. The van der Waals surface area contributed by atoms with Gasteiger partial charge in [-0.3, -0.25) is 14.4 Å². The normalized spacial score (nSPS) is 16.6. The van der Waals surface area contributed by atoms with Crippen LogP contribution in [0.1, 0.15) is 37.9 Å². The molecule has 1 unspecified atom stereocenters. The minimum Gasteiger partial charge on any atom is -0.569 e. The molecular formula is C26H27F3N6O7S. The Kier molecular flexibility index (Phi) is 8.93. The quantitative estimate of drug-likeness (QED) is 0.123. The molecule has 0 saturated carbocycles. The van der Waals surface area contributed by atoms with E-state index in [9.17, 15) is 36.4 Å². The zero-order valence-electron chi connectivity index (χ0n) is 23.1. The number of amides is 1. The van der Waals surface area contributed by atoms with E-state index in [0.717, 1.165) is 40.4 Å². The van der Waals surface area contributed by atoms with E-state index in [4.69, 9.17) is 4.84 Å². The fraction of sp³-hybridized carbons (Fsp3) is 0.346. The first-order valence-electron chi connectivity index (χ1n) is 12.8. The highest BCUT2D eigenvalue weighted by molar-refractivity contribution is 7.90. The predicted octanol–water partition coefficient (Wildman–Crippen LogP) is 3.85. The number of hydrogen-bond donors (Lipinski definition) is 1. The number of carbonyl (C=O) groups is 2. The Morgan fingerprint density at radius 2 is 1.81 bits per heavy atom. The van der Waals surface area contributed by atoms with Crippen molar-refractivity contribution in [3.8, 4) is 16.9 Å². The zero-order chi connectivity index (χ0) is 31.5. The number of alkyl halides is 3. The van der Waals surface area contributed by atoms with Crippen LogP contribution in [0.4, 0.5) is 13.2 Å². The van der Waals surface area contributed by atoms with Crippen molar-refractivity contribution in [2.45, 2.75) is 57.0 Å². The standard InChI is InChI=1S/C26H27F3N6O7S/c1-16-6-8-19(9-7-16)23-15-24(26(27,28)29)30-34(23)20-10-12-21(13-11-20)43(39,40)31-25(37)22-5-4-14-33(22)35(38)32-42-18(3)41-17(2)36/h6-13,15,18,22H,4-5,14H2,1-3H3,(H,31,37)/t18?,22-/m0/s1. The summed E-state index contributed by atoms with van der Waals surface area (Å²) in [7, 11) is -4.45. The minimum atomic E-state index is -4.72. The molecule has 17 heteroatoms. The predicted molar refractivity (Wildman–Crippen MR) is 142 cm³/mol. The van der Waals surface area contributed by atoms with Crippen molar-refractivity contribution in [3.05, 3.63) is 71.1 Å². The second kappa shape index (κ2) is 12.3. The van der Waals surface area contributed by atoms with Gasteiger partial charge in [0.15, 0.2) is 11.7 Å². The molecule has 1 saturated heterocycles. The molecule has 4 rings (SSSR count). The van der Waals surface area contributed by atoms with Crippen molar-refractivity contribution in [2.75, 3.05) is 6.54 Å². The van der Waals surface area contributed by atoms with Crippen LogP contribution in [0, 0.1) is 12.1 Å². The number of halogens is 3. The van der Waals surface area contributed by atoms with E-state index < -0.39 is 46.1 Å². The van der Waals surface area contributed by atoms with Crippen LogP contribution in [-0.2, 0) is 35.4 Å². The van der Waals surface area contributed by atoms with E-state index >= 15 is 0 Å². The molecule has 13 nitrogen and oxygen atoms in total. The van der Waals surface area contributed by atoms with E-state index in [1.807, 2.05) is 11.6 Å². The van der Waals surface area contributed by atoms with Crippen LogP contribution in [0.25, 0.3) is 16.9 Å². The van der Waals surface area contributed by atoms with E-state index in [-0.39, 0.29) is 34.2 Å². The zero-order valence-corrected chi connectivity index (χ0v) is 23.9. The van der Waals surface area contributed by atoms with Crippen LogP contribution in [-0.4, -0.2) is 58.9 Å². The number of hydrazine groups is 1. The number of esters is 1. The number of nitrogens with one attached hydrogen (secondary N) is 1. The molecule has 230 valence electrons. The molecule has 2 atom stereocenters. The number of sulfonamides is 1. The van der Waals surface area contributed by atoms with Gasteiger partial charge in [-0.25, -0.2) is 17.8 Å². The lowest BCUT2D eigenvalue weighted by Gasteiger charge is -2.20. The lowest BCUT2D eigenvalue weighted by atomic mass is 10.1. The summed E-state index contributed by atoms with van der Waals surface area (Å²) in [6, 6.07) is 11.2. The molecule has 0 spiro atoms. The first-order chi connectivity index (χ1) is 20.2. The Balaban J connectivity index is 1.52. The van der Waals surface area contributed by atoms with Gasteiger partial charge in [0.25, 0.3) is 22.2 Å². The van der Waals surface area contributed by atoms with Crippen LogP contribution >= 0.6 is 0 Å². The van der Waals surface area contributed by atoms with Crippen LogP contribution in [0.5, 0.6) is 0 Å². The molecule has 1 amide bonds. The van der Waals surface area contributed by atoms with Crippen LogP contribution in [0.15, 0.2) is 64.8 Å². The third kappa shape index (κ3) is 7.40. The summed E-state index contributed by atoms with van der Waals surface area (Å²) in [6.07, 6.45) is -5.39. The van der Waals surface area contributed by atoms with Crippen molar-refractivity contribution < 1.29 is 45.7 Å². The number of benzene rings is 2. The Labute approximate surface area is 244 Å². The van der Waals surface area contributed by atoms with E-state index in [2.05, 4.69) is 15.1 Å². The highest BCUT2D eigenvalue weighted by atomic mass is 32.2. The van der Waals surface area contributed by atoms with Gasteiger partial charge < -0.3 is 9.94 Å². The number of hydrogen-bond acceptors (Lipinski definition) is 9. The van der Waals surface area contributed by atoms with Crippen molar-refractivity contribution in [1.29, 1.82) is 0 Å². The molecule has 1 fully saturated rings. The lowest BCUT2D eigenvalue weighted by molar-refractivity contribution is -0.713. The third-order valence-electron chi connectivity index (χ3n) is 6.32. The number of aromatic nitrogens is 2. The summed E-state index contributed by atoms with van der Waals surface area (Å²) < 4.78 is 74.1. The van der Waals surface area contributed by atoms with Crippen LogP contribution in [0.3, 0.4) is 0 Å². The Morgan fingerprint density at radius 3 is 2.42 bits per heavy atom. The lowest BCUT2D eigenvalue weighted by Crippen LogP contribution is -2.47. The highest BCUT2D eigenvalue weighted by Crippen LogP contribution is 2.33. The molecule has 0 radical (unpaired) electrons. The summed E-state index contributed by atoms with van der Waals surface area (Å²) in [5.41, 5.74) is 0.520. The summed E-state index contributed by atoms with van der Waals surface area (Å²) in [4.78, 5) is 28.2. The molecule has 3 aromatic rings. The maximum Gasteiger partial charge on any atom is 0.435 e. The van der Waals surface area contributed by atoms with Crippen LogP contribution in [0.2, 0.25) is 0 Å². The monoisotopic (exact) mass is 624 g/mol. The summed E-state index contributed by atoms with van der Waals surface area (Å²) in [5.74, 6) is -1.67. The van der Waals surface area contributed by atoms with Crippen molar-refractivity contribution >= 4 is 21.9 Å². The smallest absolute Gasteiger partial charge is 0.435 e. The number of ether oxygens (including phenoxy) is 1. The number of carbonyl (C=O) groups excluding carboxylic acids is 2. The molecule has 1 aromatic heterocycles. The first kappa shape index (κ1) is 31.3. The maximum absolute atomic E-state index is 13.5. The Hall–Kier alpha value is -4.67. The van der Waals surface area contributed by atoms with Crippen molar-refractivity contribution in [1.82, 2.24) is 19.5 Å². The molecule has 1 aliphatic heterocycles. The van der Waals surface area contributed by atoms with Gasteiger partial charge in [0, 0.05) is 19.4 Å². The van der Waals surface area contributed by atoms with E-state index in [1.165, 1.54) is 19.1 Å². The van der Waals surface area contributed by atoms with Gasteiger partial charge in [-0.15, -0.1) is 5.01 Å². The Bertz CT molecular complexity index is 1620. The minimum absolute atomic E-state index is 0.0242. The number of rotatable bonds is 9. The topological polar surface area (TPSA) is 158 Å². The molecule has 43 heavy (non-hydrogen) atoms. The van der Waals surface area contributed by atoms with Gasteiger partial charge in [-0.2, -0.15) is 18.3 Å². The van der Waals surface area contributed by atoms with E-state index in [0.29, 0.717) is 12.0 Å². The second-order valence-electron chi connectivity index (χ2n) is 9.59. The van der Waals surface area contributed by atoms with Gasteiger partial charge in [0.2, 0.25) is 5.28 Å². The van der Waals surface area contributed by atoms with Crippen molar-refractivity contribution in [3.63, 3.8) is 0 Å². The molecule has 2 aromatic carbocycles. The second-order valence-corrected chi connectivity index (χ2v) is 11.3. The molecule has 1 N–H and O–H groups in total. The fourth-order valence-electron chi connectivity index (χ4n) is 4.30.